The molecule has 9 heteroatoms. The van der Waals surface area contributed by atoms with Crippen LogP contribution in [0.4, 0.5) is 22.0 Å². The van der Waals surface area contributed by atoms with E-state index in [1.54, 1.807) is 0 Å². The molecule has 0 atom stereocenters. The van der Waals surface area contributed by atoms with Gasteiger partial charge in [-0.2, -0.15) is 0 Å². The molecule has 0 saturated carbocycles. The molecular formula is C8H5BrF5NO2. The molecule has 1 aromatic heterocycles. The summed E-state index contributed by atoms with van der Waals surface area (Å²) in [7, 11) is 0. The zero-order valence-corrected chi connectivity index (χ0v) is 9.53. The monoisotopic (exact) mass is 321 g/mol. The lowest BCUT2D eigenvalue weighted by atomic mass is 10.2. The SMILES string of the molecule is O=c1c(CBr)c[nH]c(C(F)F)c1OC(F)(F)F. The minimum absolute atomic E-state index is 0.0833. The van der Waals surface area contributed by atoms with Gasteiger partial charge in [-0.15, -0.1) is 13.2 Å². The predicted octanol–water partition coefficient (Wildman–Crippen LogP) is 3.11. The number of alkyl halides is 6. The van der Waals surface area contributed by atoms with E-state index >= 15 is 0 Å². The van der Waals surface area contributed by atoms with Crippen LogP contribution in [0, 0.1) is 0 Å². The first-order chi connectivity index (χ1) is 7.76. The highest BCUT2D eigenvalue weighted by atomic mass is 79.9. The van der Waals surface area contributed by atoms with Gasteiger partial charge >= 0.3 is 6.36 Å². The van der Waals surface area contributed by atoms with E-state index in [-0.39, 0.29) is 10.9 Å². The number of aromatic nitrogens is 1. The Morgan fingerprint density at radius 2 is 2.00 bits per heavy atom. The van der Waals surface area contributed by atoms with Gasteiger partial charge in [0.2, 0.25) is 11.2 Å². The Hall–Kier alpha value is -1.12. The topological polar surface area (TPSA) is 42.1 Å². The van der Waals surface area contributed by atoms with Crippen molar-refractivity contribution in [3.05, 3.63) is 27.7 Å². The lowest BCUT2D eigenvalue weighted by Gasteiger charge is -2.12. The van der Waals surface area contributed by atoms with Crippen LogP contribution in [0.15, 0.2) is 11.0 Å². The fourth-order valence-electron chi connectivity index (χ4n) is 1.04. The van der Waals surface area contributed by atoms with Crippen LogP contribution >= 0.6 is 15.9 Å². The van der Waals surface area contributed by atoms with Gasteiger partial charge in [-0.1, -0.05) is 15.9 Å². The molecule has 0 aliphatic rings. The molecule has 0 aromatic carbocycles. The van der Waals surface area contributed by atoms with E-state index in [0.717, 1.165) is 6.20 Å². The molecule has 17 heavy (non-hydrogen) atoms. The Kier molecular flexibility index (Phi) is 4.12. The normalized spacial score (nSPS) is 11.9. The molecule has 0 unspecified atom stereocenters. The zero-order chi connectivity index (χ0) is 13.2. The molecule has 0 saturated heterocycles. The van der Waals surface area contributed by atoms with Crippen molar-refractivity contribution in [1.82, 2.24) is 4.98 Å². The van der Waals surface area contributed by atoms with Crippen molar-refractivity contribution in [2.24, 2.45) is 0 Å². The van der Waals surface area contributed by atoms with E-state index < -0.39 is 29.7 Å². The molecule has 96 valence electrons. The largest absolute Gasteiger partial charge is 0.573 e. The van der Waals surface area contributed by atoms with Crippen molar-refractivity contribution in [1.29, 1.82) is 0 Å². The van der Waals surface area contributed by atoms with Crippen molar-refractivity contribution in [3.8, 4) is 5.75 Å². The number of hydrogen-bond donors (Lipinski definition) is 1. The van der Waals surface area contributed by atoms with Crippen LogP contribution in [0.1, 0.15) is 17.7 Å². The summed E-state index contributed by atoms with van der Waals surface area (Å²) in [5.74, 6) is -1.43. The van der Waals surface area contributed by atoms with Crippen LogP contribution < -0.4 is 10.2 Å². The third-order valence-corrected chi connectivity index (χ3v) is 2.33. The van der Waals surface area contributed by atoms with Gasteiger partial charge in [0.15, 0.2) is 0 Å². The van der Waals surface area contributed by atoms with Gasteiger partial charge in [0.25, 0.3) is 6.43 Å². The summed E-state index contributed by atoms with van der Waals surface area (Å²) in [6.45, 7) is 0. The summed E-state index contributed by atoms with van der Waals surface area (Å²) in [4.78, 5) is 13.3. The molecule has 0 bridgehead atoms. The Labute approximate surface area is 99.7 Å². The highest BCUT2D eigenvalue weighted by Gasteiger charge is 2.35. The predicted molar refractivity (Wildman–Crippen MR) is 51.3 cm³/mol. The smallest absolute Gasteiger partial charge is 0.399 e. The van der Waals surface area contributed by atoms with Crippen LogP contribution in [0.3, 0.4) is 0 Å². The highest BCUT2D eigenvalue weighted by molar-refractivity contribution is 9.08. The van der Waals surface area contributed by atoms with Crippen molar-refractivity contribution >= 4 is 15.9 Å². The van der Waals surface area contributed by atoms with Gasteiger partial charge < -0.3 is 9.72 Å². The standard InChI is InChI=1S/C8H5BrF5NO2/c9-1-3-2-15-4(7(10)11)6(5(3)16)17-8(12,13)14/h2,7H,1H2,(H,15,16). The summed E-state index contributed by atoms with van der Waals surface area (Å²) in [5, 5.41) is -0.0833. The number of nitrogens with one attached hydrogen (secondary N) is 1. The van der Waals surface area contributed by atoms with Gasteiger partial charge in [0, 0.05) is 17.1 Å². The lowest BCUT2D eigenvalue weighted by molar-refractivity contribution is -0.275. The van der Waals surface area contributed by atoms with Crippen molar-refractivity contribution < 1.29 is 26.7 Å². The average molecular weight is 322 g/mol. The van der Waals surface area contributed by atoms with Crippen LogP contribution in [0.2, 0.25) is 0 Å². The fourth-order valence-corrected chi connectivity index (χ4v) is 1.46. The molecule has 0 aliphatic carbocycles. The highest BCUT2D eigenvalue weighted by Crippen LogP contribution is 2.29. The Balaban J connectivity index is 3.35. The molecule has 1 rings (SSSR count). The Morgan fingerprint density at radius 3 is 2.41 bits per heavy atom. The Bertz CT molecular complexity index is 456. The maximum atomic E-state index is 12.4. The quantitative estimate of drug-likeness (QED) is 0.686. The van der Waals surface area contributed by atoms with Crippen LogP contribution in [0.5, 0.6) is 5.75 Å². The number of H-pyrrole nitrogens is 1. The molecule has 1 N–H and O–H groups in total. The molecule has 1 heterocycles. The van der Waals surface area contributed by atoms with Crippen molar-refractivity contribution in [2.75, 3.05) is 0 Å². The van der Waals surface area contributed by atoms with Crippen LogP contribution in [-0.2, 0) is 5.33 Å². The van der Waals surface area contributed by atoms with E-state index in [4.69, 9.17) is 0 Å². The number of rotatable bonds is 3. The number of halogens is 6. The van der Waals surface area contributed by atoms with E-state index in [1.807, 2.05) is 4.98 Å². The van der Waals surface area contributed by atoms with Gasteiger partial charge in [-0.3, -0.25) is 4.79 Å². The second-order valence-electron chi connectivity index (χ2n) is 2.87. The third-order valence-electron chi connectivity index (χ3n) is 1.72. The molecule has 1 aromatic rings. The summed E-state index contributed by atoms with van der Waals surface area (Å²) < 4.78 is 64.0. The summed E-state index contributed by atoms with van der Waals surface area (Å²) in [6, 6.07) is 0. The lowest BCUT2D eigenvalue weighted by Crippen LogP contribution is -2.25. The molecular weight excluding hydrogens is 317 g/mol. The number of hydrogen-bond acceptors (Lipinski definition) is 2. The summed E-state index contributed by atoms with van der Waals surface area (Å²) in [5.41, 5.74) is -2.57. The van der Waals surface area contributed by atoms with Gasteiger partial charge in [0.05, 0.1) is 0 Å². The third kappa shape index (κ3) is 3.42. The number of pyridine rings is 1. The first-order valence-corrected chi connectivity index (χ1v) is 5.22. The van der Waals surface area contributed by atoms with Crippen molar-refractivity contribution in [3.63, 3.8) is 0 Å². The first kappa shape index (κ1) is 13.9. The maximum Gasteiger partial charge on any atom is 0.573 e. The fraction of sp³-hybridized carbons (Fsp3) is 0.375. The minimum Gasteiger partial charge on any atom is -0.399 e. The Morgan fingerprint density at radius 1 is 1.41 bits per heavy atom. The molecule has 0 spiro atoms. The second kappa shape index (κ2) is 5.03. The van der Waals surface area contributed by atoms with E-state index in [1.165, 1.54) is 0 Å². The molecule has 0 aliphatic heterocycles. The van der Waals surface area contributed by atoms with E-state index in [2.05, 4.69) is 20.7 Å². The summed E-state index contributed by atoms with van der Waals surface area (Å²) >= 11 is 2.84. The van der Waals surface area contributed by atoms with E-state index in [9.17, 15) is 26.7 Å². The number of aromatic amines is 1. The zero-order valence-electron chi connectivity index (χ0n) is 7.95. The summed E-state index contributed by atoms with van der Waals surface area (Å²) in [6.07, 6.45) is -7.58. The van der Waals surface area contributed by atoms with Crippen LogP contribution in [0.25, 0.3) is 0 Å². The van der Waals surface area contributed by atoms with Crippen molar-refractivity contribution in [2.45, 2.75) is 18.1 Å². The van der Waals surface area contributed by atoms with E-state index in [0.29, 0.717) is 0 Å². The molecule has 0 fully saturated rings. The minimum atomic E-state index is -5.21. The van der Waals surface area contributed by atoms with Gasteiger partial charge in [0.1, 0.15) is 5.69 Å². The second-order valence-corrected chi connectivity index (χ2v) is 3.43. The molecule has 0 radical (unpaired) electrons. The maximum absolute atomic E-state index is 12.4. The molecule has 0 amide bonds. The van der Waals surface area contributed by atoms with Gasteiger partial charge in [-0.25, -0.2) is 8.78 Å². The van der Waals surface area contributed by atoms with Gasteiger partial charge in [-0.05, 0) is 0 Å². The average Bonchev–Trinajstić information content (AvgIpc) is 2.18. The molecule has 3 nitrogen and oxygen atoms in total. The first-order valence-electron chi connectivity index (χ1n) is 4.10. The van der Waals surface area contributed by atoms with Crippen LogP contribution in [-0.4, -0.2) is 11.3 Å². The number of ether oxygens (including phenoxy) is 1.